The molecule has 0 bridgehead atoms. The molecule has 4 nitrogen and oxygen atoms in total. The largest absolute Gasteiger partial charge is 0.312 e. The van der Waals surface area contributed by atoms with Gasteiger partial charge in [-0.3, -0.25) is 14.5 Å². The molecule has 2 atom stereocenters. The zero-order valence-corrected chi connectivity index (χ0v) is 12.4. The molecule has 0 aromatic heterocycles. The fraction of sp³-hybridized carbons (Fsp3) is 0.867. The summed E-state index contributed by atoms with van der Waals surface area (Å²) in [5, 5.41) is 3.45. The van der Waals surface area contributed by atoms with Crippen molar-refractivity contribution >= 4 is 11.8 Å². The van der Waals surface area contributed by atoms with Gasteiger partial charge in [0.15, 0.2) is 0 Å². The van der Waals surface area contributed by atoms with E-state index in [1.165, 1.54) is 12.8 Å². The zero-order valence-electron chi connectivity index (χ0n) is 12.4. The van der Waals surface area contributed by atoms with Gasteiger partial charge in [-0.2, -0.15) is 0 Å². The highest BCUT2D eigenvalue weighted by Crippen LogP contribution is 2.40. The first-order valence-electron chi connectivity index (χ1n) is 7.65. The molecule has 0 saturated carbocycles. The van der Waals surface area contributed by atoms with Crippen molar-refractivity contribution in [3.05, 3.63) is 0 Å². The molecule has 2 saturated heterocycles. The van der Waals surface area contributed by atoms with Crippen LogP contribution >= 0.6 is 0 Å². The molecule has 0 aliphatic carbocycles. The van der Waals surface area contributed by atoms with Crippen LogP contribution in [-0.4, -0.2) is 35.3 Å². The molecule has 2 amide bonds. The molecule has 0 aromatic carbocycles. The van der Waals surface area contributed by atoms with Crippen LogP contribution in [-0.2, 0) is 9.59 Å². The van der Waals surface area contributed by atoms with Crippen LogP contribution in [0.2, 0.25) is 0 Å². The number of amides is 2. The van der Waals surface area contributed by atoms with Crippen LogP contribution in [0.5, 0.6) is 0 Å². The Balaban J connectivity index is 2.15. The molecule has 1 N–H and O–H groups in total. The van der Waals surface area contributed by atoms with E-state index in [9.17, 15) is 9.59 Å². The van der Waals surface area contributed by atoms with Crippen LogP contribution in [0.15, 0.2) is 0 Å². The average Bonchev–Trinajstić information content (AvgIpc) is 2.70. The van der Waals surface area contributed by atoms with Crippen molar-refractivity contribution in [2.45, 2.75) is 71.4 Å². The number of imide groups is 1. The first kappa shape index (κ1) is 14.5. The molecule has 2 aliphatic heterocycles. The van der Waals surface area contributed by atoms with E-state index >= 15 is 0 Å². The van der Waals surface area contributed by atoms with Gasteiger partial charge in [0, 0.05) is 12.5 Å². The van der Waals surface area contributed by atoms with Crippen molar-refractivity contribution in [2.75, 3.05) is 6.54 Å². The van der Waals surface area contributed by atoms with Crippen molar-refractivity contribution < 1.29 is 9.59 Å². The van der Waals surface area contributed by atoms with Crippen LogP contribution < -0.4 is 5.32 Å². The van der Waals surface area contributed by atoms with Gasteiger partial charge in [-0.15, -0.1) is 0 Å². The van der Waals surface area contributed by atoms with E-state index in [1.54, 1.807) is 4.90 Å². The molecule has 0 radical (unpaired) electrons. The lowest BCUT2D eigenvalue weighted by atomic mass is 9.81. The standard InChI is InChI=1S/C15H26N2O2/c1-4-15(5-2)10-13(18)17(14(15)19)11(3)12-8-6-7-9-16-12/h11-12,16H,4-10H2,1-3H3. The molecule has 0 spiro atoms. The predicted molar refractivity (Wildman–Crippen MR) is 74.6 cm³/mol. The molecule has 2 rings (SSSR count). The normalized spacial score (nSPS) is 28.8. The number of hydrogen-bond donors (Lipinski definition) is 1. The van der Waals surface area contributed by atoms with E-state index in [0.29, 0.717) is 6.42 Å². The Hall–Kier alpha value is -0.900. The summed E-state index contributed by atoms with van der Waals surface area (Å²) in [5.74, 6) is 0.0796. The second-order valence-electron chi connectivity index (χ2n) is 6.03. The number of carbonyl (C=O) groups is 2. The van der Waals surface area contributed by atoms with Gasteiger partial charge in [-0.05, 0) is 39.2 Å². The molecule has 108 valence electrons. The van der Waals surface area contributed by atoms with E-state index < -0.39 is 5.41 Å². The van der Waals surface area contributed by atoms with Gasteiger partial charge >= 0.3 is 0 Å². The van der Waals surface area contributed by atoms with Crippen LogP contribution in [0.3, 0.4) is 0 Å². The van der Waals surface area contributed by atoms with E-state index in [0.717, 1.165) is 25.8 Å². The first-order valence-corrected chi connectivity index (χ1v) is 7.65. The summed E-state index contributed by atoms with van der Waals surface area (Å²) in [5.41, 5.74) is -0.431. The smallest absolute Gasteiger partial charge is 0.236 e. The molecule has 2 unspecified atom stereocenters. The molecular weight excluding hydrogens is 240 g/mol. The number of piperidine rings is 1. The molecule has 2 heterocycles. The predicted octanol–water partition coefficient (Wildman–Crippen LogP) is 2.08. The molecule has 2 fully saturated rings. The lowest BCUT2D eigenvalue weighted by molar-refractivity contribution is -0.144. The first-order chi connectivity index (χ1) is 9.05. The third-order valence-corrected chi connectivity index (χ3v) is 5.12. The van der Waals surface area contributed by atoms with Gasteiger partial charge in [0.25, 0.3) is 0 Å². The zero-order chi connectivity index (χ0) is 14.0. The highest BCUT2D eigenvalue weighted by Gasteiger charge is 2.51. The Morgan fingerprint density at radius 2 is 2.00 bits per heavy atom. The fourth-order valence-corrected chi connectivity index (χ4v) is 3.50. The van der Waals surface area contributed by atoms with E-state index in [4.69, 9.17) is 0 Å². The second kappa shape index (κ2) is 5.61. The molecular formula is C15H26N2O2. The monoisotopic (exact) mass is 266 g/mol. The number of likely N-dealkylation sites (tertiary alicyclic amines) is 1. The van der Waals surface area contributed by atoms with E-state index in [2.05, 4.69) is 5.32 Å². The summed E-state index contributed by atoms with van der Waals surface area (Å²) in [6.07, 6.45) is 5.36. The fourth-order valence-electron chi connectivity index (χ4n) is 3.50. The SMILES string of the molecule is CCC1(CC)CC(=O)N(C(C)C2CCCCN2)C1=O. The lowest BCUT2D eigenvalue weighted by Crippen LogP contribution is -2.53. The Kier molecular flexibility index (Phi) is 4.29. The molecule has 4 heteroatoms. The summed E-state index contributed by atoms with van der Waals surface area (Å²) >= 11 is 0. The Bertz CT molecular complexity index is 357. The quantitative estimate of drug-likeness (QED) is 0.793. The highest BCUT2D eigenvalue weighted by atomic mass is 16.2. The minimum Gasteiger partial charge on any atom is -0.312 e. The van der Waals surface area contributed by atoms with Crippen molar-refractivity contribution in [1.82, 2.24) is 10.2 Å². The van der Waals surface area contributed by atoms with Crippen LogP contribution in [0.25, 0.3) is 0 Å². The van der Waals surface area contributed by atoms with Gasteiger partial charge in [0.1, 0.15) is 0 Å². The lowest BCUT2D eigenvalue weighted by Gasteiger charge is -2.35. The highest BCUT2D eigenvalue weighted by molar-refractivity contribution is 6.06. The third-order valence-electron chi connectivity index (χ3n) is 5.12. The van der Waals surface area contributed by atoms with Crippen molar-refractivity contribution in [1.29, 1.82) is 0 Å². The minimum atomic E-state index is -0.431. The summed E-state index contributed by atoms with van der Waals surface area (Å²) < 4.78 is 0. The summed E-state index contributed by atoms with van der Waals surface area (Å²) in [6, 6.07) is 0.256. The maximum Gasteiger partial charge on any atom is 0.236 e. The van der Waals surface area contributed by atoms with Gasteiger partial charge in [-0.1, -0.05) is 20.3 Å². The van der Waals surface area contributed by atoms with Gasteiger partial charge in [0.2, 0.25) is 11.8 Å². The van der Waals surface area contributed by atoms with Crippen molar-refractivity contribution in [3.8, 4) is 0 Å². The van der Waals surface area contributed by atoms with Gasteiger partial charge < -0.3 is 5.32 Å². The topological polar surface area (TPSA) is 49.4 Å². The third kappa shape index (κ3) is 2.42. The Morgan fingerprint density at radius 3 is 2.47 bits per heavy atom. The summed E-state index contributed by atoms with van der Waals surface area (Å²) in [7, 11) is 0. The minimum absolute atomic E-state index is 0.0136. The maximum absolute atomic E-state index is 12.7. The number of nitrogens with one attached hydrogen (secondary N) is 1. The number of nitrogens with zero attached hydrogens (tertiary/aromatic N) is 1. The van der Waals surface area contributed by atoms with Gasteiger partial charge in [0.05, 0.1) is 11.5 Å². The Labute approximate surface area is 115 Å². The number of carbonyl (C=O) groups excluding carboxylic acids is 2. The summed E-state index contributed by atoms with van der Waals surface area (Å²) in [4.78, 5) is 26.5. The van der Waals surface area contributed by atoms with Crippen LogP contribution in [0.1, 0.15) is 59.3 Å². The van der Waals surface area contributed by atoms with E-state index in [-0.39, 0.29) is 23.9 Å². The van der Waals surface area contributed by atoms with E-state index in [1.807, 2.05) is 20.8 Å². The number of rotatable bonds is 4. The average molecular weight is 266 g/mol. The second-order valence-corrected chi connectivity index (χ2v) is 6.03. The maximum atomic E-state index is 12.7. The van der Waals surface area contributed by atoms with Crippen molar-refractivity contribution in [3.63, 3.8) is 0 Å². The molecule has 0 aromatic rings. The Morgan fingerprint density at radius 1 is 1.32 bits per heavy atom. The van der Waals surface area contributed by atoms with Crippen molar-refractivity contribution in [2.24, 2.45) is 5.41 Å². The van der Waals surface area contributed by atoms with Crippen LogP contribution in [0, 0.1) is 5.41 Å². The van der Waals surface area contributed by atoms with Crippen LogP contribution in [0.4, 0.5) is 0 Å². The molecule has 2 aliphatic rings. The summed E-state index contributed by atoms with van der Waals surface area (Å²) in [6.45, 7) is 7.04. The van der Waals surface area contributed by atoms with Gasteiger partial charge in [-0.25, -0.2) is 0 Å². The number of hydrogen-bond acceptors (Lipinski definition) is 3. The molecule has 19 heavy (non-hydrogen) atoms.